The second-order valence-electron chi connectivity index (χ2n) is 6.37. The molecule has 1 aromatic heterocycles. The molecule has 6 heteroatoms. The lowest BCUT2D eigenvalue weighted by molar-refractivity contribution is 0.112. The average molecular weight is 351 g/mol. The Morgan fingerprint density at radius 1 is 1.33 bits per heavy atom. The lowest BCUT2D eigenvalue weighted by Crippen LogP contribution is -2.44. The van der Waals surface area contributed by atoms with Crippen molar-refractivity contribution in [1.82, 2.24) is 4.98 Å². The Balaban J connectivity index is 1.91. The first-order chi connectivity index (χ1) is 11.4. The van der Waals surface area contributed by atoms with Crippen LogP contribution >= 0.6 is 11.6 Å². The van der Waals surface area contributed by atoms with Crippen molar-refractivity contribution in [3.05, 3.63) is 58.2 Å². The van der Waals surface area contributed by atoms with E-state index in [1.165, 1.54) is 24.4 Å². The minimum absolute atomic E-state index is 0.0874. The fourth-order valence-electron chi connectivity index (χ4n) is 3.37. The molecule has 2 aromatic rings. The van der Waals surface area contributed by atoms with E-state index in [0.29, 0.717) is 19.3 Å². The molecule has 3 nitrogen and oxygen atoms in total. The molecule has 0 saturated carbocycles. The number of pyridine rings is 1. The molecule has 0 N–H and O–H groups in total. The molecule has 24 heavy (non-hydrogen) atoms. The maximum Gasteiger partial charge on any atom is 0.166 e. The lowest BCUT2D eigenvalue weighted by atomic mass is 9.90. The summed E-state index contributed by atoms with van der Waals surface area (Å²) in [5.74, 6) is -0.744. The van der Waals surface area contributed by atoms with Crippen molar-refractivity contribution >= 4 is 23.7 Å². The van der Waals surface area contributed by atoms with Crippen LogP contribution in [0.4, 0.5) is 14.6 Å². The zero-order valence-corrected chi connectivity index (χ0v) is 14.0. The number of hydrogen-bond acceptors (Lipinski definition) is 3. The van der Waals surface area contributed by atoms with Gasteiger partial charge in [0.1, 0.15) is 5.82 Å². The fraction of sp³-hybridized carbons (Fsp3) is 0.333. The molecular weight excluding hydrogens is 334 g/mol. The van der Waals surface area contributed by atoms with E-state index in [0.717, 1.165) is 18.4 Å². The van der Waals surface area contributed by atoms with E-state index < -0.39 is 11.6 Å². The molecule has 0 spiro atoms. The normalized spacial score (nSPS) is 20.4. The van der Waals surface area contributed by atoms with E-state index in [1.807, 2.05) is 11.8 Å². The molecule has 1 atom stereocenters. The summed E-state index contributed by atoms with van der Waals surface area (Å²) in [6, 6.07) is 5.93. The summed E-state index contributed by atoms with van der Waals surface area (Å²) in [6.45, 7) is 2.68. The smallest absolute Gasteiger partial charge is 0.166 e. The first kappa shape index (κ1) is 16.8. The third-order valence-corrected chi connectivity index (χ3v) is 4.86. The van der Waals surface area contributed by atoms with E-state index in [2.05, 4.69) is 4.98 Å². The lowest BCUT2D eigenvalue weighted by Gasteiger charge is -2.36. The molecule has 1 aliphatic heterocycles. The van der Waals surface area contributed by atoms with Gasteiger partial charge in [0.25, 0.3) is 0 Å². The van der Waals surface area contributed by atoms with Crippen molar-refractivity contribution in [3.8, 4) is 0 Å². The summed E-state index contributed by atoms with van der Waals surface area (Å²) < 4.78 is 28.0. The third kappa shape index (κ3) is 3.13. The Hall–Kier alpha value is -2.01. The maximum atomic E-state index is 14.3. The number of anilines is 1. The highest BCUT2D eigenvalue weighted by Gasteiger charge is 2.38. The Morgan fingerprint density at radius 3 is 2.79 bits per heavy atom. The van der Waals surface area contributed by atoms with E-state index >= 15 is 0 Å². The summed E-state index contributed by atoms with van der Waals surface area (Å²) in [4.78, 5) is 16.8. The summed E-state index contributed by atoms with van der Waals surface area (Å²) >= 11 is 5.73. The second kappa shape index (κ2) is 6.48. The van der Waals surface area contributed by atoms with Crippen LogP contribution in [-0.2, 0) is 6.42 Å². The summed E-state index contributed by atoms with van der Waals surface area (Å²) in [6.07, 6.45) is 4.22. The Labute approximate surface area is 144 Å². The molecule has 126 valence electrons. The predicted octanol–water partition coefficient (Wildman–Crippen LogP) is 4.43. The van der Waals surface area contributed by atoms with Crippen LogP contribution in [0.3, 0.4) is 0 Å². The van der Waals surface area contributed by atoms with Crippen LogP contribution in [0.25, 0.3) is 0 Å². The zero-order valence-electron chi connectivity index (χ0n) is 13.2. The van der Waals surface area contributed by atoms with Gasteiger partial charge in [0.05, 0.1) is 5.02 Å². The third-order valence-electron chi connectivity index (χ3n) is 4.55. The van der Waals surface area contributed by atoms with Crippen LogP contribution in [0.5, 0.6) is 0 Å². The Morgan fingerprint density at radius 2 is 2.12 bits per heavy atom. The summed E-state index contributed by atoms with van der Waals surface area (Å²) in [7, 11) is 0. The van der Waals surface area contributed by atoms with Crippen LogP contribution in [0.2, 0.25) is 5.02 Å². The van der Waals surface area contributed by atoms with Crippen molar-refractivity contribution in [2.45, 2.75) is 31.7 Å². The number of aromatic nitrogens is 1. The van der Waals surface area contributed by atoms with Gasteiger partial charge in [-0.3, -0.25) is 4.79 Å². The van der Waals surface area contributed by atoms with E-state index in [4.69, 9.17) is 11.6 Å². The van der Waals surface area contributed by atoms with E-state index in [-0.39, 0.29) is 21.9 Å². The molecule has 0 bridgehead atoms. The highest BCUT2D eigenvalue weighted by molar-refractivity contribution is 6.30. The standard InChI is InChI=1S/C18H17ClF2N2O/c1-18(9-12-3-4-14(19)15(20)7-12)5-2-6-23(18)17-16(21)8-13(11-24)10-22-17/h3-4,7-8,10-11H,2,5-6,9H2,1H3. The quantitative estimate of drug-likeness (QED) is 0.765. The van der Waals surface area contributed by atoms with Crippen LogP contribution in [-0.4, -0.2) is 23.4 Å². The summed E-state index contributed by atoms with van der Waals surface area (Å²) in [5.41, 5.74) is 0.629. The van der Waals surface area contributed by atoms with Gasteiger partial charge in [-0.15, -0.1) is 0 Å². The SMILES string of the molecule is CC1(Cc2ccc(Cl)c(F)c2)CCCN1c1ncc(C=O)cc1F. The minimum atomic E-state index is -0.519. The van der Waals surface area contributed by atoms with Crippen molar-refractivity contribution in [2.75, 3.05) is 11.4 Å². The number of benzene rings is 1. The number of aldehydes is 1. The Kier molecular flexibility index (Phi) is 4.54. The highest BCUT2D eigenvalue weighted by Crippen LogP contribution is 2.37. The number of carbonyl (C=O) groups is 1. The van der Waals surface area contributed by atoms with Crippen LogP contribution in [0.1, 0.15) is 35.7 Å². The van der Waals surface area contributed by atoms with Crippen molar-refractivity contribution in [3.63, 3.8) is 0 Å². The van der Waals surface area contributed by atoms with Crippen molar-refractivity contribution in [2.24, 2.45) is 0 Å². The summed E-state index contributed by atoms with van der Waals surface area (Å²) in [5, 5.41) is 0.0874. The van der Waals surface area contributed by atoms with Gasteiger partial charge in [-0.25, -0.2) is 13.8 Å². The fourth-order valence-corrected chi connectivity index (χ4v) is 3.48. The molecule has 1 fully saturated rings. The molecule has 1 aromatic carbocycles. The van der Waals surface area contributed by atoms with Gasteiger partial charge >= 0.3 is 0 Å². The van der Waals surface area contributed by atoms with Gasteiger partial charge in [-0.1, -0.05) is 17.7 Å². The van der Waals surface area contributed by atoms with Gasteiger partial charge < -0.3 is 4.90 Å². The van der Waals surface area contributed by atoms with Crippen molar-refractivity contribution < 1.29 is 13.6 Å². The molecular formula is C18H17ClF2N2O. The Bertz CT molecular complexity index is 784. The maximum absolute atomic E-state index is 14.3. The second-order valence-corrected chi connectivity index (χ2v) is 6.78. The zero-order chi connectivity index (χ0) is 17.3. The van der Waals surface area contributed by atoms with Gasteiger partial charge in [0, 0.05) is 23.8 Å². The van der Waals surface area contributed by atoms with E-state index in [1.54, 1.807) is 6.07 Å². The van der Waals surface area contributed by atoms with Gasteiger partial charge in [0.2, 0.25) is 0 Å². The highest BCUT2D eigenvalue weighted by atomic mass is 35.5. The van der Waals surface area contributed by atoms with Gasteiger partial charge in [0.15, 0.2) is 17.9 Å². The largest absolute Gasteiger partial charge is 0.348 e. The minimum Gasteiger partial charge on any atom is -0.348 e. The molecule has 1 aliphatic rings. The molecule has 0 radical (unpaired) electrons. The first-order valence-corrected chi connectivity index (χ1v) is 8.13. The molecule has 2 heterocycles. The molecule has 0 aliphatic carbocycles. The first-order valence-electron chi connectivity index (χ1n) is 7.75. The topological polar surface area (TPSA) is 33.2 Å². The average Bonchev–Trinajstić information content (AvgIpc) is 2.92. The van der Waals surface area contributed by atoms with Crippen LogP contribution < -0.4 is 4.90 Å². The number of halogens is 3. The van der Waals surface area contributed by atoms with Crippen LogP contribution in [0, 0.1) is 11.6 Å². The number of carbonyl (C=O) groups excluding carboxylic acids is 1. The van der Waals surface area contributed by atoms with Gasteiger partial charge in [-0.2, -0.15) is 0 Å². The predicted molar refractivity (Wildman–Crippen MR) is 89.7 cm³/mol. The molecule has 1 unspecified atom stereocenters. The number of rotatable bonds is 4. The number of nitrogens with zero attached hydrogens (tertiary/aromatic N) is 2. The molecule has 1 saturated heterocycles. The molecule has 3 rings (SSSR count). The monoisotopic (exact) mass is 350 g/mol. The van der Waals surface area contributed by atoms with E-state index in [9.17, 15) is 13.6 Å². The number of hydrogen-bond donors (Lipinski definition) is 0. The van der Waals surface area contributed by atoms with Gasteiger partial charge in [-0.05, 0) is 49.9 Å². The molecule has 0 amide bonds. The van der Waals surface area contributed by atoms with Crippen molar-refractivity contribution in [1.29, 1.82) is 0 Å². The van der Waals surface area contributed by atoms with Crippen LogP contribution in [0.15, 0.2) is 30.5 Å².